The first-order chi connectivity index (χ1) is 10.1. The number of carbonyl (C=O) groups excluding carboxylic acids is 1. The fourth-order valence-electron chi connectivity index (χ4n) is 2.79. The van der Waals surface area contributed by atoms with E-state index in [-0.39, 0.29) is 11.6 Å². The van der Waals surface area contributed by atoms with Crippen LogP contribution in [0, 0.1) is 12.7 Å². The van der Waals surface area contributed by atoms with E-state index >= 15 is 0 Å². The first-order valence-corrected chi connectivity index (χ1v) is 7.24. The van der Waals surface area contributed by atoms with Gasteiger partial charge in [0.2, 0.25) is 0 Å². The van der Waals surface area contributed by atoms with Gasteiger partial charge in [-0.15, -0.1) is 0 Å². The van der Waals surface area contributed by atoms with Crippen LogP contribution in [0.25, 0.3) is 0 Å². The number of halogens is 1. The number of hydrogen-bond donors (Lipinski definition) is 1. The first-order valence-electron chi connectivity index (χ1n) is 7.24. The summed E-state index contributed by atoms with van der Waals surface area (Å²) in [5.41, 5.74) is 4.98. The Morgan fingerprint density at radius 2 is 2.05 bits per heavy atom. The van der Waals surface area contributed by atoms with Crippen molar-refractivity contribution in [3.8, 4) is 0 Å². The highest BCUT2D eigenvalue weighted by atomic mass is 19.1. The summed E-state index contributed by atoms with van der Waals surface area (Å²) in [6.45, 7) is 3.66. The SMILES string of the molecule is Cc1cc(F)ccc1CC(=O)c1ccc2c(c1)CNCC2. The van der Waals surface area contributed by atoms with E-state index in [0.29, 0.717) is 6.42 Å². The maximum atomic E-state index is 13.1. The largest absolute Gasteiger partial charge is 0.312 e. The van der Waals surface area contributed by atoms with Crippen LogP contribution in [0.15, 0.2) is 36.4 Å². The Balaban J connectivity index is 1.82. The molecule has 0 radical (unpaired) electrons. The molecule has 3 heteroatoms. The van der Waals surface area contributed by atoms with Crippen LogP contribution in [0.4, 0.5) is 4.39 Å². The van der Waals surface area contributed by atoms with E-state index in [0.717, 1.165) is 36.2 Å². The van der Waals surface area contributed by atoms with E-state index in [4.69, 9.17) is 0 Å². The lowest BCUT2D eigenvalue weighted by Crippen LogP contribution is -2.24. The quantitative estimate of drug-likeness (QED) is 0.876. The summed E-state index contributed by atoms with van der Waals surface area (Å²) in [5.74, 6) is -0.179. The minimum absolute atomic E-state index is 0.0816. The molecule has 1 heterocycles. The number of nitrogens with one attached hydrogen (secondary N) is 1. The molecule has 0 bridgehead atoms. The molecule has 2 aromatic carbocycles. The minimum atomic E-state index is -0.261. The lowest BCUT2D eigenvalue weighted by Gasteiger charge is -2.17. The highest BCUT2D eigenvalue weighted by Crippen LogP contribution is 2.18. The zero-order chi connectivity index (χ0) is 14.8. The second-order valence-corrected chi connectivity index (χ2v) is 5.58. The van der Waals surface area contributed by atoms with E-state index < -0.39 is 0 Å². The van der Waals surface area contributed by atoms with Crippen molar-refractivity contribution >= 4 is 5.78 Å². The van der Waals surface area contributed by atoms with Crippen LogP contribution in [-0.2, 0) is 19.4 Å². The van der Waals surface area contributed by atoms with Crippen LogP contribution in [0.3, 0.4) is 0 Å². The Kier molecular flexibility index (Phi) is 3.84. The molecule has 3 rings (SSSR count). The normalized spacial score (nSPS) is 13.8. The lowest BCUT2D eigenvalue weighted by atomic mass is 9.94. The number of Topliss-reactive ketones (excluding diaryl/α,β-unsaturated/α-hetero) is 1. The van der Waals surface area contributed by atoms with Gasteiger partial charge in [-0.3, -0.25) is 4.79 Å². The van der Waals surface area contributed by atoms with Crippen molar-refractivity contribution in [2.24, 2.45) is 0 Å². The maximum absolute atomic E-state index is 13.1. The Morgan fingerprint density at radius 1 is 1.19 bits per heavy atom. The Morgan fingerprint density at radius 3 is 2.86 bits per heavy atom. The van der Waals surface area contributed by atoms with Crippen LogP contribution in [-0.4, -0.2) is 12.3 Å². The minimum Gasteiger partial charge on any atom is -0.312 e. The van der Waals surface area contributed by atoms with Gasteiger partial charge in [-0.2, -0.15) is 0 Å². The average molecular weight is 283 g/mol. The number of fused-ring (bicyclic) bond motifs is 1. The van der Waals surface area contributed by atoms with Crippen molar-refractivity contribution in [3.05, 3.63) is 70.0 Å². The summed E-state index contributed by atoms with van der Waals surface area (Å²) in [4.78, 5) is 12.4. The van der Waals surface area contributed by atoms with Gasteiger partial charge in [-0.25, -0.2) is 4.39 Å². The molecule has 1 N–H and O–H groups in total. The van der Waals surface area contributed by atoms with Crippen molar-refractivity contribution in [1.29, 1.82) is 0 Å². The Hall–Kier alpha value is -2.00. The highest BCUT2D eigenvalue weighted by molar-refractivity contribution is 5.97. The topological polar surface area (TPSA) is 29.1 Å². The van der Waals surface area contributed by atoms with Gasteiger partial charge in [0.1, 0.15) is 5.82 Å². The van der Waals surface area contributed by atoms with Gasteiger partial charge < -0.3 is 5.32 Å². The number of carbonyl (C=O) groups is 1. The summed E-state index contributed by atoms with van der Waals surface area (Å²) in [5, 5.41) is 3.32. The molecule has 0 spiro atoms. The van der Waals surface area contributed by atoms with E-state index in [9.17, 15) is 9.18 Å². The van der Waals surface area contributed by atoms with Crippen LogP contribution >= 0.6 is 0 Å². The van der Waals surface area contributed by atoms with Crippen molar-refractivity contribution < 1.29 is 9.18 Å². The molecule has 1 aliphatic heterocycles. The van der Waals surface area contributed by atoms with Gasteiger partial charge in [-0.05, 0) is 60.3 Å². The third-order valence-corrected chi connectivity index (χ3v) is 4.07. The van der Waals surface area contributed by atoms with Crippen molar-refractivity contribution in [2.75, 3.05) is 6.54 Å². The zero-order valence-electron chi connectivity index (χ0n) is 12.1. The van der Waals surface area contributed by atoms with Crippen LogP contribution in [0.5, 0.6) is 0 Å². The number of rotatable bonds is 3. The molecule has 108 valence electrons. The third-order valence-electron chi connectivity index (χ3n) is 4.07. The predicted molar refractivity (Wildman–Crippen MR) is 81.0 cm³/mol. The molecule has 0 atom stereocenters. The third kappa shape index (κ3) is 3.03. The van der Waals surface area contributed by atoms with Gasteiger partial charge in [0.25, 0.3) is 0 Å². The molecule has 2 aromatic rings. The molecule has 1 aliphatic rings. The Labute approximate surface area is 124 Å². The van der Waals surface area contributed by atoms with Crippen LogP contribution in [0.2, 0.25) is 0 Å². The van der Waals surface area contributed by atoms with Crippen molar-refractivity contribution in [2.45, 2.75) is 26.3 Å². The first kappa shape index (κ1) is 14.0. The molecule has 0 aliphatic carbocycles. The standard InChI is InChI=1S/C18H18FNO/c1-12-8-17(19)5-4-14(12)10-18(21)15-3-2-13-6-7-20-11-16(13)9-15/h2-5,8-9,20H,6-7,10-11H2,1H3. The second-order valence-electron chi connectivity index (χ2n) is 5.58. The molecular formula is C18H18FNO. The Bertz CT molecular complexity index is 694. The van der Waals surface area contributed by atoms with E-state index in [1.165, 1.54) is 23.3 Å². The molecule has 0 unspecified atom stereocenters. The van der Waals surface area contributed by atoms with E-state index in [1.807, 2.05) is 19.1 Å². The smallest absolute Gasteiger partial charge is 0.167 e. The zero-order valence-corrected chi connectivity index (χ0v) is 12.1. The monoisotopic (exact) mass is 283 g/mol. The van der Waals surface area contributed by atoms with Crippen LogP contribution < -0.4 is 5.32 Å². The van der Waals surface area contributed by atoms with E-state index in [2.05, 4.69) is 11.4 Å². The van der Waals surface area contributed by atoms with Gasteiger partial charge in [-0.1, -0.05) is 18.2 Å². The molecule has 21 heavy (non-hydrogen) atoms. The molecule has 0 amide bonds. The summed E-state index contributed by atoms with van der Waals surface area (Å²) >= 11 is 0. The number of ketones is 1. The van der Waals surface area contributed by atoms with Gasteiger partial charge >= 0.3 is 0 Å². The molecule has 2 nitrogen and oxygen atoms in total. The molecule has 0 aromatic heterocycles. The van der Waals surface area contributed by atoms with Crippen molar-refractivity contribution in [3.63, 3.8) is 0 Å². The average Bonchev–Trinajstić information content (AvgIpc) is 2.49. The highest BCUT2D eigenvalue weighted by Gasteiger charge is 2.13. The van der Waals surface area contributed by atoms with Gasteiger partial charge in [0.15, 0.2) is 5.78 Å². The van der Waals surface area contributed by atoms with Crippen LogP contribution in [0.1, 0.15) is 32.6 Å². The van der Waals surface area contributed by atoms with Gasteiger partial charge in [0, 0.05) is 18.5 Å². The summed E-state index contributed by atoms with van der Waals surface area (Å²) in [6, 6.07) is 10.5. The van der Waals surface area contributed by atoms with Gasteiger partial charge in [0.05, 0.1) is 0 Å². The van der Waals surface area contributed by atoms with Crippen molar-refractivity contribution in [1.82, 2.24) is 5.32 Å². The molecule has 0 saturated carbocycles. The fourth-order valence-corrected chi connectivity index (χ4v) is 2.79. The summed E-state index contributed by atoms with van der Waals surface area (Å²) in [7, 11) is 0. The summed E-state index contributed by atoms with van der Waals surface area (Å²) < 4.78 is 13.1. The second kappa shape index (κ2) is 5.78. The van der Waals surface area contributed by atoms with E-state index in [1.54, 1.807) is 6.07 Å². The molecule has 0 saturated heterocycles. The number of aryl methyl sites for hydroxylation is 1. The molecule has 0 fully saturated rings. The fraction of sp³-hybridized carbons (Fsp3) is 0.278. The predicted octanol–water partition coefficient (Wildman–Crippen LogP) is 3.21. The number of hydrogen-bond acceptors (Lipinski definition) is 2. The lowest BCUT2D eigenvalue weighted by molar-refractivity contribution is 0.0992. The maximum Gasteiger partial charge on any atom is 0.167 e. The molecular weight excluding hydrogens is 265 g/mol. The summed E-state index contributed by atoms with van der Waals surface area (Å²) in [6.07, 6.45) is 1.33. The number of benzene rings is 2.